The molecular formula is C28H26N4. The van der Waals surface area contributed by atoms with Gasteiger partial charge in [0.2, 0.25) is 0 Å². The van der Waals surface area contributed by atoms with Crippen LogP contribution >= 0.6 is 0 Å². The van der Waals surface area contributed by atoms with Gasteiger partial charge in [-0.1, -0.05) is 97.1 Å². The van der Waals surface area contributed by atoms with Crippen molar-refractivity contribution in [1.29, 1.82) is 0 Å². The van der Waals surface area contributed by atoms with Crippen LogP contribution in [0.2, 0.25) is 0 Å². The van der Waals surface area contributed by atoms with Gasteiger partial charge in [-0.15, -0.1) is 0 Å². The Kier molecular flexibility index (Phi) is 7.42. The molecule has 0 aliphatic heterocycles. The highest BCUT2D eigenvalue weighted by molar-refractivity contribution is 6.43. The Bertz CT molecular complexity index is 1040. The summed E-state index contributed by atoms with van der Waals surface area (Å²) in [5, 5.41) is 9.59. The van der Waals surface area contributed by atoms with Gasteiger partial charge in [-0.2, -0.15) is 10.2 Å². The second kappa shape index (κ2) is 11.3. The predicted octanol–water partition coefficient (Wildman–Crippen LogP) is 6.41. The van der Waals surface area contributed by atoms with Crippen LogP contribution < -0.4 is 10.9 Å². The summed E-state index contributed by atoms with van der Waals surface area (Å²) >= 11 is 0. The Balaban J connectivity index is 1.68. The van der Waals surface area contributed by atoms with Gasteiger partial charge in [0.1, 0.15) is 0 Å². The molecule has 0 unspecified atom stereocenters. The van der Waals surface area contributed by atoms with Gasteiger partial charge in [0.15, 0.2) is 0 Å². The van der Waals surface area contributed by atoms with Crippen molar-refractivity contribution in [3.8, 4) is 0 Å². The van der Waals surface area contributed by atoms with E-state index in [0.29, 0.717) is 12.8 Å². The molecule has 158 valence electrons. The van der Waals surface area contributed by atoms with E-state index < -0.39 is 0 Å². The summed E-state index contributed by atoms with van der Waals surface area (Å²) in [5.74, 6) is 0. The molecule has 0 spiro atoms. The zero-order chi connectivity index (χ0) is 21.8. The van der Waals surface area contributed by atoms with Crippen LogP contribution in [0.15, 0.2) is 132 Å². The third-order valence-electron chi connectivity index (χ3n) is 4.95. The summed E-state index contributed by atoms with van der Waals surface area (Å²) in [6.07, 6.45) is 1.34. The first kappa shape index (κ1) is 21.1. The molecule has 0 atom stereocenters. The Morgan fingerprint density at radius 3 is 1.09 bits per heavy atom. The van der Waals surface area contributed by atoms with Crippen LogP contribution in [0, 0.1) is 0 Å². The quantitative estimate of drug-likeness (QED) is 0.244. The largest absolute Gasteiger partial charge is 0.278 e. The third kappa shape index (κ3) is 6.41. The number of anilines is 2. The number of hydrogen-bond donors (Lipinski definition) is 2. The molecule has 0 radical (unpaired) electrons. The highest BCUT2D eigenvalue weighted by atomic mass is 15.3. The molecule has 4 heteroatoms. The Morgan fingerprint density at radius 1 is 0.438 bits per heavy atom. The molecule has 2 N–H and O–H groups in total. The van der Waals surface area contributed by atoms with E-state index in [9.17, 15) is 0 Å². The third-order valence-corrected chi connectivity index (χ3v) is 4.95. The molecular weight excluding hydrogens is 392 g/mol. The summed E-state index contributed by atoms with van der Waals surface area (Å²) in [6, 6.07) is 40.7. The second-order valence-electron chi connectivity index (χ2n) is 7.40. The molecule has 4 nitrogen and oxygen atoms in total. The van der Waals surface area contributed by atoms with Crippen LogP contribution in [0.5, 0.6) is 0 Å². The molecule has 0 amide bonds. The van der Waals surface area contributed by atoms with Gasteiger partial charge in [-0.3, -0.25) is 10.9 Å². The highest BCUT2D eigenvalue weighted by Crippen LogP contribution is 2.11. The van der Waals surface area contributed by atoms with Gasteiger partial charge in [0.25, 0.3) is 0 Å². The fourth-order valence-corrected chi connectivity index (χ4v) is 3.28. The first-order chi connectivity index (χ1) is 15.9. The molecule has 0 saturated carbocycles. The van der Waals surface area contributed by atoms with E-state index in [4.69, 9.17) is 10.2 Å². The number of hydrogen-bond acceptors (Lipinski definition) is 4. The molecule has 4 rings (SSSR count). The number of hydrazone groups is 2. The molecule has 0 fully saturated rings. The summed E-state index contributed by atoms with van der Waals surface area (Å²) in [6.45, 7) is 0. The van der Waals surface area contributed by atoms with Crippen molar-refractivity contribution in [2.75, 3.05) is 10.9 Å². The fraction of sp³-hybridized carbons (Fsp3) is 0.0714. The van der Waals surface area contributed by atoms with Crippen LogP contribution in [0.25, 0.3) is 0 Å². The van der Waals surface area contributed by atoms with Gasteiger partial charge < -0.3 is 0 Å². The molecule has 0 aliphatic carbocycles. The lowest BCUT2D eigenvalue weighted by atomic mass is 10.00. The normalized spacial score (nSPS) is 11.8. The number of nitrogens with one attached hydrogen (secondary N) is 2. The molecule has 32 heavy (non-hydrogen) atoms. The van der Waals surface area contributed by atoms with Crippen molar-refractivity contribution >= 4 is 22.8 Å². The van der Waals surface area contributed by atoms with Gasteiger partial charge in [0, 0.05) is 12.8 Å². The van der Waals surface area contributed by atoms with E-state index in [-0.39, 0.29) is 0 Å². The first-order valence-electron chi connectivity index (χ1n) is 10.7. The summed E-state index contributed by atoms with van der Waals surface area (Å²) in [5.41, 5.74) is 12.4. The van der Waals surface area contributed by atoms with Gasteiger partial charge >= 0.3 is 0 Å². The number of rotatable bonds is 9. The summed E-state index contributed by atoms with van der Waals surface area (Å²) < 4.78 is 0. The molecule has 0 aliphatic rings. The second-order valence-corrected chi connectivity index (χ2v) is 7.40. The van der Waals surface area contributed by atoms with Crippen LogP contribution in [-0.4, -0.2) is 11.4 Å². The summed E-state index contributed by atoms with van der Waals surface area (Å²) in [7, 11) is 0. The topological polar surface area (TPSA) is 48.8 Å². The Hall–Kier alpha value is -4.18. The monoisotopic (exact) mass is 418 g/mol. The minimum absolute atomic E-state index is 0.669. The van der Waals surface area contributed by atoms with E-state index in [1.807, 2.05) is 97.1 Å². The van der Waals surface area contributed by atoms with Gasteiger partial charge in [0.05, 0.1) is 22.8 Å². The van der Waals surface area contributed by atoms with E-state index >= 15 is 0 Å². The molecule has 0 heterocycles. The lowest BCUT2D eigenvalue weighted by Crippen LogP contribution is -2.22. The maximum Gasteiger partial charge on any atom is 0.0886 e. The van der Waals surface area contributed by atoms with E-state index in [2.05, 4.69) is 35.1 Å². The fourth-order valence-electron chi connectivity index (χ4n) is 3.28. The zero-order valence-corrected chi connectivity index (χ0v) is 17.9. The minimum Gasteiger partial charge on any atom is -0.278 e. The van der Waals surface area contributed by atoms with E-state index in [1.54, 1.807) is 0 Å². The first-order valence-corrected chi connectivity index (χ1v) is 10.7. The van der Waals surface area contributed by atoms with E-state index in [1.165, 1.54) is 11.1 Å². The van der Waals surface area contributed by atoms with Crippen LogP contribution in [0.1, 0.15) is 11.1 Å². The van der Waals surface area contributed by atoms with Crippen molar-refractivity contribution < 1.29 is 0 Å². The predicted molar refractivity (Wildman–Crippen MR) is 135 cm³/mol. The molecule has 0 saturated heterocycles. The van der Waals surface area contributed by atoms with Gasteiger partial charge in [-0.25, -0.2) is 0 Å². The minimum atomic E-state index is 0.669. The Morgan fingerprint density at radius 2 is 0.750 bits per heavy atom. The lowest BCUT2D eigenvalue weighted by Gasteiger charge is -2.13. The average molecular weight is 419 g/mol. The maximum atomic E-state index is 4.79. The number of nitrogens with zero attached hydrogens (tertiary/aromatic N) is 2. The van der Waals surface area contributed by atoms with Crippen molar-refractivity contribution in [1.82, 2.24) is 0 Å². The maximum absolute atomic E-state index is 4.79. The number of benzene rings is 4. The van der Waals surface area contributed by atoms with Crippen molar-refractivity contribution in [3.63, 3.8) is 0 Å². The number of para-hydroxylation sites is 2. The Labute approximate surface area is 189 Å². The smallest absolute Gasteiger partial charge is 0.0886 e. The highest BCUT2D eigenvalue weighted by Gasteiger charge is 2.13. The lowest BCUT2D eigenvalue weighted by molar-refractivity contribution is 1.22. The van der Waals surface area contributed by atoms with Crippen LogP contribution in [0.3, 0.4) is 0 Å². The molecule has 0 aromatic heterocycles. The van der Waals surface area contributed by atoms with Crippen LogP contribution in [0.4, 0.5) is 11.4 Å². The van der Waals surface area contributed by atoms with Crippen LogP contribution in [-0.2, 0) is 12.8 Å². The van der Waals surface area contributed by atoms with Crippen molar-refractivity contribution in [2.45, 2.75) is 12.8 Å². The standard InChI is InChI=1S/C28H26N4/c1-5-13-23(14-6-1)21-27(31-29-25-17-9-3-10-18-25)28(22-24-15-7-2-8-16-24)32-30-26-19-11-4-12-20-26/h1-20,29-30H,21-22H2/b31-27+,32-28?. The van der Waals surface area contributed by atoms with Gasteiger partial charge in [-0.05, 0) is 35.4 Å². The zero-order valence-electron chi connectivity index (χ0n) is 17.9. The molecule has 4 aromatic rings. The van der Waals surface area contributed by atoms with Crippen molar-refractivity contribution in [3.05, 3.63) is 132 Å². The average Bonchev–Trinajstić information content (AvgIpc) is 2.87. The summed E-state index contributed by atoms with van der Waals surface area (Å²) in [4.78, 5) is 0. The molecule has 0 bridgehead atoms. The molecule has 4 aromatic carbocycles. The SMILES string of the molecule is c1ccc(CC(=NNc2ccccc2)/C(Cc2ccccc2)=N/Nc2ccccc2)cc1. The van der Waals surface area contributed by atoms with Crippen molar-refractivity contribution in [2.24, 2.45) is 10.2 Å². The van der Waals surface area contributed by atoms with E-state index in [0.717, 1.165) is 22.8 Å².